The smallest absolute Gasteiger partial charge is 0.115 e. The van der Waals surface area contributed by atoms with Crippen LogP contribution >= 0.6 is 0 Å². The number of hydrogen-bond donors (Lipinski definition) is 0. The highest BCUT2D eigenvalue weighted by Gasteiger charge is 1.79. The summed E-state index contributed by atoms with van der Waals surface area (Å²) in [4.78, 5) is 7.68. The highest BCUT2D eigenvalue weighted by molar-refractivity contribution is 5.45. The van der Waals surface area contributed by atoms with Gasteiger partial charge in [0.2, 0.25) is 0 Å². The van der Waals surface area contributed by atoms with Crippen molar-refractivity contribution in [2.45, 2.75) is 6.92 Å². The third-order valence-electron chi connectivity index (χ3n) is 0.940. The zero-order valence-electron chi connectivity index (χ0n) is 5.28. The van der Waals surface area contributed by atoms with Gasteiger partial charge in [-0.15, -0.1) is 0 Å². The molecule has 0 aromatic carbocycles. The molecule has 1 heterocycles. The fourth-order valence-corrected chi connectivity index (χ4v) is 0.589. The first kappa shape index (κ1) is 5.95. The van der Waals surface area contributed by atoms with Gasteiger partial charge in [0.05, 0.1) is 0 Å². The van der Waals surface area contributed by atoms with Crippen LogP contribution in [0, 0.1) is 0 Å². The number of aromatic nitrogens is 2. The van der Waals surface area contributed by atoms with Crippen LogP contribution in [0.15, 0.2) is 24.8 Å². The maximum absolute atomic E-state index is 3.84. The van der Waals surface area contributed by atoms with Gasteiger partial charge in [0, 0.05) is 18.0 Å². The van der Waals surface area contributed by atoms with Gasteiger partial charge in [-0.05, 0) is 6.92 Å². The summed E-state index contributed by atoms with van der Waals surface area (Å²) in [6, 6.07) is 0. The molecule has 0 spiro atoms. The molecule has 0 aliphatic carbocycles. The summed E-state index contributed by atoms with van der Waals surface area (Å²) in [6.07, 6.45) is 8.98. The minimum atomic E-state index is 1.04. The Labute approximate surface area is 54.3 Å². The fourth-order valence-electron chi connectivity index (χ4n) is 0.589. The Morgan fingerprint density at radius 2 is 2.00 bits per heavy atom. The third-order valence-corrected chi connectivity index (χ3v) is 0.940. The van der Waals surface area contributed by atoms with E-state index in [9.17, 15) is 0 Å². The molecule has 0 bridgehead atoms. The highest BCUT2D eigenvalue weighted by Crippen LogP contribution is 1.94. The molecule has 2 heteroatoms. The zero-order chi connectivity index (χ0) is 6.53. The Balaban J connectivity index is 2.85. The summed E-state index contributed by atoms with van der Waals surface area (Å²) >= 11 is 0. The molecular weight excluding hydrogens is 112 g/mol. The second kappa shape index (κ2) is 2.97. The van der Waals surface area contributed by atoms with Crippen molar-refractivity contribution in [3.63, 3.8) is 0 Å². The van der Waals surface area contributed by atoms with Crippen molar-refractivity contribution >= 4 is 6.08 Å². The van der Waals surface area contributed by atoms with E-state index in [0.717, 1.165) is 5.56 Å². The quantitative estimate of drug-likeness (QED) is 0.561. The number of hydrogen-bond acceptors (Lipinski definition) is 2. The Morgan fingerprint density at radius 1 is 1.33 bits per heavy atom. The zero-order valence-corrected chi connectivity index (χ0v) is 5.28. The van der Waals surface area contributed by atoms with Gasteiger partial charge in [-0.1, -0.05) is 12.2 Å². The molecule has 0 N–H and O–H groups in total. The molecule has 1 aromatic heterocycles. The molecule has 46 valence electrons. The summed E-state index contributed by atoms with van der Waals surface area (Å²) in [6.45, 7) is 1.97. The van der Waals surface area contributed by atoms with Crippen LogP contribution in [0.2, 0.25) is 0 Å². The maximum Gasteiger partial charge on any atom is 0.115 e. The average molecular weight is 120 g/mol. The van der Waals surface area contributed by atoms with Crippen molar-refractivity contribution in [2.75, 3.05) is 0 Å². The van der Waals surface area contributed by atoms with Crippen LogP contribution in [-0.4, -0.2) is 9.97 Å². The Hall–Kier alpha value is -1.18. The van der Waals surface area contributed by atoms with Crippen LogP contribution in [0.4, 0.5) is 0 Å². The predicted molar refractivity (Wildman–Crippen MR) is 36.7 cm³/mol. The van der Waals surface area contributed by atoms with Gasteiger partial charge in [-0.25, -0.2) is 9.97 Å². The van der Waals surface area contributed by atoms with Crippen LogP contribution in [0.25, 0.3) is 6.08 Å². The third kappa shape index (κ3) is 1.64. The highest BCUT2D eigenvalue weighted by atomic mass is 14.8. The normalized spacial score (nSPS) is 10.3. The Morgan fingerprint density at radius 3 is 2.56 bits per heavy atom. The molecule has 9 heavy (non-hydrogen) atoms. The first-order chi connectivity index (χ1) is 4.43. The van der Waals surface area contributed by atoms with E-state index in [1.807, 2.05) is 19.1 Å². The minimum Gasteiger partial charge on any atom is -0.244 e. The summed E-state index contributed by atoms with van der Waals surface area (Å²) in [7, 11) is 0. The predicted octanol–water partition coefficient (Wildman–Crippen LogP) is 1.51. The Kier molecular flexibility index (Phi) is 1.96. The molecule has 0 atom stereocenters. The lowest BCUT2D eigenvalue weighted by molar-refractivity contribution is 1.16. The molecule has 0 saturated carbocycles. The molecule has 0 saturated heterocycles. The van der Waals surface area contributed by atoms with E-state index < -0.39 is 0 Å². The summed E-state index contributed by atoms with van der Waals surface area (Å²) < 4.78 is 0. The van der Waals surface area contributed by atoms with E-state index in [0.29, 0.717) is 0 Å². The van der Waals surface area contributed by atoms with Crippen LogP contribution in [0.3, 0.4) is 0 Å². The van der Waals surface area contributed by atoms with Gasteiger partial charge in [0.25, 0.3) is 0 Å². The van der Waals surface area contributed by atoms with Crippen molar-refractivity contribution < 1.29 is 0 Å². The largest absolute Gasteiger partial charge is 0.244 e. The fraction of sp³-hybridized carbons (Fsp3) is 0.143. The summed E-state index contributed by atoms with van der Waals surface area (Å²) in [5.74, 6) is 0. The van der Waals surface area contributed by atoms with Gasteiger partial charge in [0.15, 0.2) is 0 Å². The summed E-state index contributed by atoms with van der Waals surface area (Å²) in [5, 5.41) is 0. The SMILES string of the molecule is CC=Cc1cncnc1. The number of allylic oxidation sites excluding steroid dienone is 1. The molecule has 1 aromatic rings. The Bertz CT molecular complexity index is 191. The molecule has 1 rings (SSSR count). The van der Waals surface area contributed by atoms with E-state index in [-0.39, 0.29) is 0 Å². The van der Waals surface area contributed by atoms with Gasteiger partial charge >= 0.3 is 0 Å². The monoisotopic (exact) mass is 120 g/mol. The van der Waals surface area contributed by atoms with Crippen molar-refractivity contribution in [2.24, 2.45) is 0 Å². The topological polar surface area (TPSA) is 25.8 Å². The van der Waals surface area contributed by atoms with Crippen molar-refractivity contribution in [1.82, 2.24) is 9.97 Å². The molecule has 0 fully saturated rings. The van der Waals surface area contributed by atoms with Crippen LogP contribution in [0.5, 0.6) is 0 Å². The lowest BCUT2D eigenvalue weighted by Crippen LogP contribution is -1.76. The van der Waals surface area contributed by atoms with Gasteiger partial charge in [-0.3, -0.25) is 0 Å². The first-order valence-electron chi connectivity index (χ1n) is 2.81. The van der Waals surface area contributed by atoms with Crippen LogP contribution in [0.1, 0.15) is 12.5 Å². The van der Waals surface area contributed by atoms with Crippen molar-refractivity contribution in [3.8, 4) is 0 Å². The number of rotatable bonds is 1. The first-order valence-corrected chi connectivity index (χ1v) is 2.81. The summed E-state index contributed by atoms with van der Waals surface area (Å²) in [5.41, 5.74) is 1.04. The van der Waals surface area contributed by atoms with E-state index in [1.54, 1.807) is 12.4 Å². The second-order valence-electron chi connectivity index (χ2n) is 1.67. The molecule has 0 unspecified atom stereocenters. The van der Waals surface area contributed by atoms with Gasteiger partial charge < -0.3 is 0 Å². The number of nitrogens with zero attached hydrogens (tertiary/aromatic N) is 2. The average Bonchev–Trinajstić information content (AvgIpc) is 1.91. The molecule has 0 aliphatic heterocycles. The molecule has 2 nitrogen and oxygen atoms in total. The van der Waals surface area contributed by atoms with Crippen LogP contribution in [-0.2, 0) is 0 Å². The van der Waals surface area contributed by atoms with Gasteiger partial charge in [0.1, 0.15) is 6.33 Å². The van der Waals surface area contributed by atoms with E-state index >= 15 is 0 Å². The molecular formula is C7H8N2. The lowest BCUT2D eigenvalue weighted by atomic mass is 10.3. The molecule has 0 amide bonds. The van der Waals surface area contributed by atoms with E-state index in [1.165, 1.54) is 6.33 Å². The molecule has 0 radical (unpaired) electrons. The van der Waals surface area contributed by atoms with Crippen LogP contribution < -0.4 is 0 Å². The maximum atomic E-state index is 3.84. The lowest BCUT2D eigenvalue weighted by Gasteiger charge is -1.85. The van der Waals surface area contributed by atoms with Crippen molar-refractivity contribution in [3.05, 3.63) is 30.4 Å². The van der Waals surface area contributed by atoms with E-state index in [2.05, 4.69) is 9.97 Å². The standard InChI is InChI=1S/C7H8N2/c1-2-3-7-4-8-6-9-5-7/h2-6H,1H3. The second-order valence-corrected chi connectivity index (χ2v) is 1.67. The molecule has 0 aliphatic rings. The van der Waals surface area contributed by atoms with E-state index in [4.69, 9.17) is 0 Å². The van der Waals surface area contributed by atoms with Gasteiger partial charge in [-0.2, -0.15) is 0 Å². The van der Waals surface area contributed by atoms with Crippen molar-refractivity contribution in [1.29, 1.82) is 0 Å². The minimum absolute atomic E-state index is 1.04.